The van der Waals surface area contributed by atoms with Crippen LogP contribution in [0.2, 0.25) is 0 Å². The number of benzene rings is 1. The lowest BCUT2D eigenvalue weighted by Gasteiger charge is -2.24. The van der Waals surface area contributed by atoms with Gasteiger partial charge >= 0.3 is 0 Å². The summed E-state index contributed by atoms with van der Waals surface area (Å²) in [4.78, 5) is 22.0. The van der Waals surface area contributed by atoms with Gasteiger partial charge in [0.1, 0.15) is 5.82 Å². The molecule has 2 saturated heterocycles. The van der Waals surface area contributed by atoms with Crippen LogP contribution in [-0.2, 0) is 17.9 Å². The highest BCUT2D eigenvalue weighted by Crippen LogP contribution is 2.41. The highest BCUT2D eigenvalue weighted by Gasteiger charge is 2.50. The predicted molar refractivity (Wildman–Crippen MR) is 120 cm³/mol. The van der Waals surface area contributed by atoms with Crippen LogP contribution in [0.3, 0.4) is 0 Å². The van der Waals surface area contributed by atoms with Crippen LogP contribution in [0, 0.1) is 25.1 Å². The number of halogens is 1. The summed E-state index contributed by atoms with van der Waals surface area (Å²) >= 11 is 0. The molecule has 2 aromatic heterocycles. The molecule has 2 aliphatic rings. The quantitative estimate of drug-likeness (QED) is 0.616. The maximum atomic E-state index is 13.3. The minimum Gasteiger partial charge on any atom is -0.336 e. The van der Waals surface area contributed by atoms with Gasteiger partial charge in [-0.2, -0.15) is 5.10 Å². The molecule has 1 spiro atoms. The lowest BCUT2D eigenvalue weighted by atomic mass is 9.85. The Morgan fingerprint density at radius 2 is 1.81 bits per heavy atom. The molecular weight excluding hydrogens is 405 g/mol. The van der Waals surface area contributed by atoms with Crippen molar-refractivity contribution < 1.29 is 9.18 Å². The number of likely N-dealkylation sites (tertiary alicyclic amines) is 2. The summed E-state index contributed by atoms with van der Waals surface area (Å²) in [6.07, 6.45) is 3.58. The van der Waals surface area contributed by atoms with Crippen molar-refractivity contribution >= 4 is 5.91 Å². The van der Waals surface area contributed by atoms with E-state index in [-0.39, 0.29) is 17.1 Å². The minimum atomic E-state index is -0.274. The average Bonchev–Trinajstić information content (AvgIpc) is 3.44. The molecule has 2 fully saturated rings. The second kappa shape index (κ2) is 8.13. The molecule has 0 radical (unpaired) electrons. The van der Waals surface area contributed by atoms with E-state index in [1.165, 1.54) is 17.7 Å². The van der Waals surface area contributed by atoms with Gasteiger partial charge in [0.15, 0.2) is 0 Å². The number of rotatable bonds is 5. The van der Waals surface area contributed by atoms with Crippen LogP contribution >= 0.6 is 0 Å². The second-order valence-electron chi connectivity index (χ2n) is 9.08. The summed E-state index contributed by atoms with van der Waals surface area (Å²) in [5, 5.41) is 4.70. The van der Waals surface area contributed by atoms with Crippen LogP contribution in [0.4, 0.5) is 4.39 Å². The zero-order valence-corrected chi connectivity index (χ0v) is 18.6. The normalized spacial score (nSPS) is 21.2. The van der Waals surface area contributed by atoms with E-state index in [0.717, 1.165) is 61.8 Å². The number of aromatic nitrogens is 3. The Balaban J connectivity index is 1.28. The monoisotopic (exact) mass is 433 g/mol. The van der Waals surface area contributed by atoms with Crippen molar-refractivity contribution in [2.75, 3.05) is 19.6 Å². The first-order chi connectivity index (χ1) is 15.4. The summed E-state index contributed by atoms with van der Waals surface area (Å²) in [6.45, 7) is 7.92. The summed E-state index contributed by atoms with van der Waals surface area (Å²) in [6, 6.07) is 12.2. The van der Waals surface area contributed by atoms with Gasteiger partial charge in [-0.1, -0.05) is 6.07 Å². The van der Waals surface area contributed by atoms with Gasteiger partial charge in [0, 0.05) is 37.1 Å². The maximum absolute atomic E-state index is 13.3. The molecule has 166 valence electrons. The SMILES string of the molecule is Cc1nn(-c2ccc(F)cc2)c(C)c1CN1CCC2(CCN(Cc3ccccn3)C2=O)C1. The van der Waals surface area contributed by atoms with Gasteiger partial charge in [-0.05, 0) is 69.6 Å². The van der Waals surface area contributed by atoms with E-state index in [2.05, 4.69) is 16.8 Å². The number of aryl methyl sites for hydroxylation is 1. The van der Waals surface area contributed by atoms with Gasteiger partial charge in [0.25, 0.3) is 0 Å². The molecule has 0 N–H and O–H groups in total. The zero-order chi connectivity index (χ0) is 22.3. The number of hydrogen-bond donors (Lipinski definition) is 0. The summed E-state index contributed by atoms with van der Waals surface area (Å²) in [5.74, 6) is 0.0114. The molecule has 1 aromatic carbocycles. The van der Waals surface area contributed by atoms with Gasteiger partial charge < -0.3 is 4.90 Å². The summed E-state index contributed by atoms with van der Waals surface area (Å²) in [7, 11) is 0. The third-order valence-corrected chi connectivity index (χ3v) is 7.01. The average molecular weight is 434 g/mol. The minimum absolute atomic E-state index is 0.254. The number of carbonyl (C=O) groups excluding carboxylic acids is 1. The molecule has 6 nitrogen and oxygen atoms in total. The molecule has 7 heteroatoms. The summed E-state index contributed by atoms with van der Waals surface area (Å²) in [5.41, 5.74) is 4.73. The predicted octanol–water partition coefficient (Wildman–Crippen LogP) is 3.65. The highest BCUT2D eigenvalue weighted by atomic mass is 19.1. The molecule has 0 saturated carbocycles. The van der Waals surface area contributed by atoms with Crippen molar-refractivity contribution in [2.45, 2.75) is 39.8 Å². The standard InChI is InChI=1S/C25H28FN5O/c1-18-23(19(2)31(28-18)22-8-6-20(26)7-9-22)16-29-13-10-25(17-29)11-14-30(24(25)32)15-21-5-3-4-12-27-21/h3-9,12H,10-11,13-17H2,1-2H3. The smallest absolute Gasteiger partial charge is 0.230 e. The van der Waals surface area contributed by atoms with E-state index in [0.29, 0.717) is 6.54 Å². The van der Waals surface area contributed by atoms with Crippen LogP contribution in [0.1, 0.15) is 35.5 Å². The lowest BCUT2D eigenvalue weighted by molar-refractivity contribution is -0.136. The zero-order valence-electron chi connectivity index (χ0n) is 18.6. The van der Waals surface area contributed by atoms with E-state index < -0.39 is 0 Å². The van der Waals surface area contributed by atoms with Crippen molar-refractivity contribution in [1.29, 1.82) is 0 Å². The Morgan fingerprint density at radius 3 is 2.56 bits per heavy atom. The van der Waals surface area contributed by atoms with Gasteiger partial charge in [0.05, 0.1) is 29.0 Å². The fraction of sp³-hybridized carbons (Fsp3) is 0.400. The molecule has 5 rings (SSSR count). The van der Waals surface area contributed by atoms with Crippen LogP contribution in [0.5, 0.6) is 0 Å². The Labute approximate surface area is 187 Å². The topological polar surface area (TPSA) is 54.3 Å². The van der Waals surface area contributed by atoms with Gasteiger partial charge in [-0.25, -0.2) is 9.07 Å². The van der Waals surface area contributed by atoms with E-state index in [4.69, 9.17) is 5.10 Å². The van der Waals surface area contributed by atoms with Crippen molar-refractivity contribution in [3.8, 4) is 5.69 Å². The highest BCUT2D eigenvalue weighted by molar-refractivity contribution is 5.85. The summed E-state index contributed by atoms with van der Waals surface area (Å²) < 4.78 is 15.2. The van der Waals surface area contributed by atoms with Crippen LogP contribution < -0.4 is 0 Å². The molecule has 32 heavy (non-hydrogen) atoms. The molecule has 1 atom stereocenters. The number of carbonyl (C=O) groups is 1. The fourth-order valence-corrected chi connectivity index (χ4v) is 5.16. The van der Waals surface area contributed by atoms with E-state index in [1.54, 1.807) is 18.3 Å². The third kappa shape index (κ3) is 3.71. The Kier molecular flexibility index (Phi) is 5.29. The fourth-order valence-electron chi connectivity index (χ4n) is 5.16. The molecule has 4 heterocycles. The first-order valence-corrected chi connectivity index (χ1v) is 11.2. The van der Waals surface area contributed by atoms with Crippen molar-refractivity contribution in [3.05, 3.63) is 77.1 Å². The molecule has 0 bridgehead atoms. The first-order valence-electron chi connectivity index (χ1n) is 11.2. The molecule has 2 aliphatic heterocycles. The van der Waals surface area contributed by atoms with E-state index in [1.807, 2.05) is 34.7 Å². The number of amides is 1. The van der Waals surface area contributed by atoms with E-state index >= 15 is 0 Å². The third-order valence-electron chi connectivity index (χ3n) is 7.01. The molecule has 1 unspecified atom stereocenters. The van der Waals surface area contributed by atoms with Crippen LogP contribution in [-0.4, -0.2) is 50.1 Å². The maximum Gasteiger partial charge on any atom is 0.230 e. The number of hydrogen-bond acceptors (Lipinski definition) is 4. The van der Waals surface area contributed by atoms with Gasteiger partial charge in [0.2, 0.25) is 5.91 Å². The number of nitrogens with zero attached hydrogens (tertiary/aromatic N) is 5. The first kappa shape index (κ1) is 20.8. The van der Waals surface area contributed by atoms with E-state index in [9.17, 15) is 9.18 Å². The van der Waals surface area contributed by atoms with Gasteiger partial charge in [-0.3, -0.25) is 14.7 Å². The Bertz CT molecular complexity index is 1130. The molecule has 0 aliphatic carbocycles. The lowest BCUT2D eigenvalue weighted by Crippen LogP contribution is -2.36. The van der Waals surface area contributed by atoms with Crippen molar-refractivity contribution in [3.63, 3.8) is 0 Å². The molecule has 3 aromatic rings. The van der Waals surface area contributed by atoms with Crippen molar-refractivity contribution in [2.24, 2.45) is 5.41 Å². The largest absolute Gasteiger partial charge is 0.336 e. The van der Waals surface area contributed by atoms with Crippen molar-refractivity contribution in [1.82, 2.24) is 24.6 Å². The Hall–Kier alpha value is -3.06. The van der Waals surface area contributed by atoms with Crippen LogP contribution in [0.15, 0.2) is 48.7 Å². The molecule has 1 amide bonds. The molecular formula is C25H28FN5O. The van der Waals surface area contributed by atoms with Crippen LogP contribution in [0.25, 0.3) is 5.69 Å². The second-order valence-corrected chi connectivity index (χ2v) is 9.08. The Morgan fingerprint density at radius 1 is 1.03 bits per heavy atom. The number of pyridine rings is 1. The van der Waals surface area contributed by atoms with Gasteiger partial charge in [-0.15, -0.1) is 0 Å².